The minimum absolute atomic E-state index is 0.170. The predicted molar refractivity (Wildman–Crippen MR) is 80.0 cm³/mol. The SMILES string of the molecule is CNc1ccc(S(=O)(=O)NCC2C(C)(C)C2(C)C)cn1. The molecule has 0 bridgehead atoms. The molecule has 0 atom stereocenters. The van der Waals surface area contributed by atoms with Crippen molar-refractivity contribution in [3.63, 3.8) is 0 Å². The number of rotatable bonds is 5. The summed E-state index contributed by atoms with van der Waals surface area (Å²) in [6.45, 7) is 9.17. The lowest BCUT2D eigenvalue weighted by atomic mass is 10.0. The molecule has 6 heteroatoms. The highest BCUT2D eigenvalue weighted by molar-refractivity contribution is 7.89. The van der Waals surface area contributed by atoms with E-state index in [-0.39, 0.29) is 15.7 Å². The molecule has 0 amide bonds. The van der Waals surface area contributed by atoms with Gasteiger partial charge in [-0.25, -0.2) is 18.1 Å². The molecule has 2 rings (SSSR count). The fraction of sp³-hybridized carbons (Fsp3) is 0.643. The third-order valence-corrected chi connectivity index (χ3v) is 6.51. The topological polar surface area (TPSA) is 71.1 Å². The van der Waals surface area contributed by atoms with Crippen LogP contribution in [0.2, 0.25) is 0 Å². The van der Waals surface area contributed by atoms with Gasteiger partial charge in [0, 0.05) is 19.8 Å². The molecule has 1 aromatic heterocycles. The largest absolute Gasteiger partial charge is 0.373 e. The Morgan fingerprint density at radius 2 is 1.80 bits per heavy atom. The van der Waals surface area contributed by atoms with Crippen molar-refractivity contribution in [2.24, 2.45) is 16.7 Å². The Labute approximate surface area is 121 Å². The average molecular weight is 297 g/mol. The van der Waals surface area contributed by atoms with E-state index in [4.69, 9.17) is 0 Å². The summed E-state index contributed by atoms with van der Waals surface area (Å²) >= 11 is 0. The smallest absolute Gasteiger partial charge is 0.242 e. The Kier molecular flexibility index (Phi) is 3.59. The minimum atomic E-state index is -3.48. The second-order valence-electron chi connectivity index (χ2n) is 6.48. The summed E-state index contributed by atoms with van der Waals surface area (Å²) in [4.78, 5) is 4.23. The van der Waals surface area contributed by atoms with Crippen LogP contribution in [-0.2, 0) is 10.0 Å². The number of nitrogens with one attached hydrogen (secondary N) is 2. The molecule has 1 fully saturated rings. The van der Waals surface area contributed by atoms with E-state index >= 15 is 0 Å². The van der Waals surface area contributed by atoms with Gasteiger partial charge in [-0.1, -0.05) is 27.7 Å². The zero-order chi connectivity index (χ0) is 15.2. The zero-order valence-corrected chi connectivity index (χ0v) is 13.5. The molecule has 1 heterocycles. The van der Waals surface area contributed by atoms with Crippen LogP contribution in [0.4, 0.5) is 5.82 Å². The first kappa shape index (κ1) is 15.3. The van der Waals surface area contributed by atoms with Crippen LogP contribution in [0.1, 0.15) is 27.7 Å². The molecule has 0 spiro atoms. The summed E-state index contributed by atoms with van der Waals surface area (Å²) in [6.07, 6.45) is 1.37. The molecule has 5 nitrogen and oxygen atoms in total. The van der Waals surface area contributed by atoms with Crippen LogP contribution in [0.25, 0.3) is 0 Å². The van der Waals surface area contributed by atoms with E-state index in [0.717, 1.165) is 0 Å². The van der Waals surface area contributed by atoms with Crippen molar-refractivity contribution in [3.8, 4) is 0 Å². The van der Waals surface area contributed by atoms with Crippen molar-refractivity contribution in [2.75, 3.05) is 18.9 Å². The third kappa shape index (κ3) is 2.42. The van der Waals surface area contributed by atoms with Crippen molar-refractivity contribution in [2.45, 2.75) is 32.6 Å². The first-order valence-corrected chi connectivity index (χ1v) is 8.25. The Hall–Kier alpha value is -1.14. The molecule has 1 aliphatic rings. The van der Waals surface area contributed by atoms with Crippen molar-refractivity contribution in [3.05, 3.63) is 18.3 Å². The first-order chi connectivity index (χ1) is 9.13. The standard InChI is InChI=1S/C14H23N3O2S/c1-13(2)11(14(13,3)4)9-17-20(18,19)10-6-7-12(15-5)16-8-10/h6-8,11,17H,9H2,1-5H3,(H,15,16). The van der Waals surface area contributed by atoms with E-state index in [0.29, 0.717) is 18.3 Å². The van der Waals surface area contributed by atoms with E-state index in [1.807, 2.05) is 0 Å². The number of hydrogen-bond donors (Lipinski definition) is 2. The Morgan fingerprint density at radius 1 is 1.20 bits per heavy atom. The number of pyridine rings is 1. The molecule has 0 radical (unpaired) electrons. The molecular weight excluding hydrogens is 274 g/mol. The Balaban J connectivity index is 2.05. The van der Waals surface area contributed by atoms with Crippen LogP contribution in [0, 0.1) is 16.7 Å². The number of hydrogen-bond acceptors (Lipinski definition) is 4. The van der Waals surface area contributed by atoms with E-state index in [2.05, 4.69) is 42.7 Å². The molecule has 2 N–H and O–H groups in total. The van der Waals surface area contributed by atoms with E-state index in [9.17, 15) is 8.42 Å². The van der Waals surface area contributed by atoms with Crippen molar-refractivity contribution in [1.29, 1.82) is 0 Å². The highest BCUT2D eigenvalue weighted by Crippen LogP contribution is 2.67. The summed E-state index contributed by atoms with van der Waals surface area (Å²) in [5.74, 6) is 1.00. The predicted octanol–water partition coefficient (Wildman–Crippen LogP) is 2.08. The molecular formula is C14H23N3O2S. The van der Waals surface area contributed by atoms with Gasteiger partial charge in [0.15, 0.2) is 0 Å². The maximum absolute atomic E-state index is 12.2. The summed E-state index contributed by atoms with van der Waals surface area (Å²) in [7, 11) is -1.74. The monoisotopic (exact) mass is 297 g/mol. The summed E-state index contributed by atoms with van der Waals surface area (Å²) in [5.41, 5.74) is 0.341. The first-order valence-electron chi connectivity index (χ1n) is 6.76. The fourth-order valence-corrected chi connectivity index (χ4v) is 3.80. The van der Waals surface area contributed by atoms with Gasteiger partial charge in [0.25, 0.3) is 0 Å². The maximum atomic E-state index is 12.2. The lowest BCUT2D eigenvalue weighted by molar-refractivity contribution is 0.457. The summed E-state index contributed by atoms with van der Waals surface area (Å²) in [6, 6.07) is 3.21. The number of anilines is 1. The second kappa shape index (κ2) is 4.70. The molecule has 112 valence electrons. The molecule has 1 saturated carbocycles. The van der Waals surface area contributed by atoms with Gasteiger partial charge in [0.1, 0.15) is 10.7 Å². The zero-order valence-electron chi connectivity index (χ0n) is 12.7. The third-order valence-electron chi connectivity index (χ3n) is 5.10. The number of nitrogens with zero attached hydrogens (tertiary/aromatic N) is 1. The van der Waals surface area contributed by atoms with Crippen LogP contribution in [0.3, 0.4) is 0 Å². The van der Waals surface area contributed by atoms with Gasteiger partial charge < -0.3 is 5.32 Å². The van der Waals surface area contributed by atoms with Gasteiger partial charge in [0.05, 0.1) is 0 Å². The second-order valence-corrected chi connectivity index (χ2v) is 8.24. The highest BCUT2D eigenvalue weighted by Gasteiger charge is 2.64. The highest BCUT2D eigenvalue weighted by atomic mass is 32.2. The fourth-order valence-electron chi connectivity index (χ4n) is 2.81. The molecule has 0 saturated heterocycles. The van der Waals surface area contributed by atoms with Gasteiger partial charge in [-0.3, -0.25) is 0 Å². The van der Waals surface area contributed by atoms with Crippen LogP contribution < -0.4 is 10.0 Å². The molecule has 20 heavy (non-hydrogen) atoms. The summed E-state index contributed by atoms with van der Waals surface area (Å²) in [5, 5.41) is 2.86. The quantitative estimate of drug-likeness (QED) is 0.873. The maximum Gasteiger partial charge on any atom is 0.242 e. The minimum Gasteiger partial charge on any atom is -0.373 e. The normalized spacial score (nSPS) is 20.6. The molecule has 0 aliphatic heterocycles. The van der Waals surface area contributed by atoms with Crippen LogP contribution >= 0.6 is 0 Å². The number of aromatic nitrogens is 1. The van der Waals surface area contributed by atoms with Gasteiger partial charge in [-0.05, 0) is 28.9 Å². The molecule has 1 aromatic rings. The molecule has 1 aliphatic carbocycles. The van der Waals surface area contributed by atoms with E-state index in [1.54, 1.807) is 19.2 Å². The van der Waals surface area contributed by atoms with Crippen molar-refractivity contribution >= 4 is 15.8 Å². The molecule has 0 unspecified atom stereocenters. The van der Waals surface area contributed by atoms with Crippen LogP contribution in [0.15, 0.2) is 23.2 Å². The van der Waals surface area contributed by atoms with Crippen molar-refractivity contribution in [1.82, 2.24) is 9.71 Å². The summed E-state index contributed by atoms with van der Waals surface area (Å²) < 4.78 is 27.1. The average Bonchev–Trinajstić information content (AvgIpc) is 2.77. The van der Waals surface area contributed by atoms with Crippen molar-refractivity contribution < 1.29 is 8.42 Å². The van der Waals surface area contributed by atoms with Gasteiger partial charge in [0.2, 0.25) is 10.0 Å². The van der Waals surface area contributed by atoms with Gasteiger partial charge >= 0.3 is 0 Å². The number of sulfonamides is 1. The van der Waals surface area contributed by atoms with Crippen LogP contribution in [-0.4, -0.2) is 27.0 Å². The Morgan fingerprint density at radius 3 is 2.20 bits per heavy atom. The van der Waals surface area contributed by atoms with Crippen LogP contribution in [0.5, 0.6) is 0 Å². The van der Waals surface area contributed by atoms with Gasteiger partial charge in [-0.15, -0.1) is 0 Å². The Bertz CT molecular complexity index is 577. The van der Waals surface area contributed by atoms with E-state index in [1.165, 1.54) is 6.20 Å². The lowest BCUT2D eigenvalue weighted by Crippen LogP contribution is -2.27. The van der Waals surface area contributed by atoms with Gasteiger partial charge in [-0.2, -0.15) is 0 Å². The lowest BCUT2D eigenvalue weighted by Gasteiger charge is -2.08. The molecule has 0 aromatic carbocycles. The van der Waals surface area contributed by atoms with E-state index < -0.39 is 10.0 Å².